The number of carbonyl (C=O) groups is 2. The number of benzene rings is 3. The molecule has 0 saturated carbocycles. The maximum atomic E-state index is 12.8. The monoisotopic (exact) mass is 444 g/mol. The average Bonchev–Trinajstić information content (AvgIpc) is 2.82. The van der Waals surface area contributed by atoms with Crippen LogP contribution in [-0.4, -0.2) is 22.0 Å². The normalized spacial score (nSPS) is 11.8. The highest BCUT2D eigenvalue weighted by Crippen LogP contribution is 2.41. The Morgan fingerprint density at radius 2 is 1.64 bits per heavy atom. The van der Waals surface area contributed by atoms with Crippen molar-refractivity contribution in [2.24, 2.45) is 10.2 Å². The zero-order valence-electron chi connectivity index (χ0n) is 18.4. The number of rotatable bonds is 8. The van der Waals surface area contributed by atoms with Crippen LogP contribution in [0.2, 0.25) is 0 Å². The number of hydrogen-bond donors (Lipinski definition) is 2. The summed E-state index contributed by atoms with van der Waals surface area (Å²) < 4.78 is 5.50. The molecule has 1 atom stereocenters. The van der Waals surface area contributed by atoms with Gasteiger partial charge in [-0.3, -0.25) is 4.79 Å². The topological polar surface area (TPSA) is 109 Å². The number of ether oxygens (including phenoxy) is 1. The minimum atomic E-state index is -0.586. The molecule has 7 nitrogen and oxygen atoms in total. The minimum absolute atomic E-state index is 0.0111. The fraction of sp³-hybridized carbons (Fsp3) is 0.154. The Hall–Kier alpha value is -4.26. The summed E-state index contributed by atoms with van der Waals surface area (Å²) in [5, 5.41) is 29.1. The third kappa shape index (κ3) is 5.33. The van der Waals surface area contributed by atoms with Crippen LogP contribution in [-0.2, 0) is 9.53 Å². The van der Waals surface area contributed by atoms with E-state index in [-0.39, 0.29) is 22.6 Å². The molecule has 2 N–H and O–H groups in total. The maximum absolute atomic E-state index is 12.8. The summed E-state index contributed by atoms with van der Waals surface area (Å²) in [5.41, 5.74) is 1.41. The van der Waals surface area contributed by atoms with Crippen molar-refractivity contribution in [1.82, 2.24) is 0 Å². The van der Waals surface area contributed by atoms with Crippen molar-refractivity contribution in [3.8, 4) is 11.5 Å². The molecule has 0 aliphatic heterocycles. The number of hydrogen-bond acceptors (Lipinski definition) is 7. The second-order valence-corrected chi connectivity index (χ2v) is 7.37. The Kier molecular flexibility index (Phi) is 7.35. The molecule has 0 heterocycles. The van der Waals surface area contributed by atoms with Crippen LogP contribution in [0.15, 0.2) is 89.1 Å². The summed E-state index contributed by atoms with van der Waals surface area (Å²) in [6.45, 7) is 7.03. The molecule has 33 heavy (non-hydrogen) atoms. The lowest BCUT2D eigenvalue weighted by molar-refractivity contribution is -0.144. The first kappa shape index (κ1) is 23.4. The smallest absolute Gasteiger partial charge is 0.333 e. The number of esters is 1. The van der Waals surface area contributed by atoms with Crippen LogP contribution in [0.5, 0.6) is 11.5 Å². The SMILES string of the molecule is C=C(C)C(=O)OC(CC)c1ccccc1N=Nc1c(O)ccc(C(=O)c2ccccc2)c1O. The van der Waals surface area contributed by atoms with Crippen LogP contribution >= 0.6 is 0 Å². The number of ketones is 1. The molecule has 0 aliphatic carbocycles. The largest absolute Gasteiger partial charge is 0.505 e. The molecule has 1 unspecified atom stereocenters. The lowest BCUT2D eigenvalue weighted by Crippen LogP contribution is -2.11. The first-order valence-electron chi connectivity index (χ1n) is 10.3. The van der Waals surface area contributed by atoms with Gasteiger partial charge in [0.25, 0.3) is 0 Å². The predicted molar refractivity (Wildman–Crippen MR) is 124 cm³/mol. The summed E-state index contributed by atoms with van der Waals surface area (Å²) in [6.07, 6.45) is -0.0964. The number of phenolic OH excluding ortho intramolecular Hbond substituents is 2. The molecule has 0 aliphatic rings. The van der Waals surface area contributed by atoms with E-state index in [1.807, 2.05) is 6.92 Å². The minimum Gasteiger partial charge on any atom is -0.505 e. The van der Waals surface area contributed by atoms with Gasteiger partial charge in [-0.25, -0.2) is 4.79 Å². The van der Waals surface area contributed by atoms with Gasteiger partial charge in [-0.15, -0.1) is 10.2 Å². The standard InChI is InChI=1S/C26H24N2O5/c1-4-22(33-26(32)16(2)3)18-12-8-9-13-20(18)27-28-23-21(29)15-14-19(25(23)31)24(30)17-10-6-5-7-11-17/h5-15,22,29,31H,2,4H2,1,3H3. The Morgan fingerprint density at radius 3 is 2.30 bits per heavy atom. The molecule has 7 heteroatoms. The Balaban J connectivity index is 1.97. The molecule has 168 valence electrons. The van der Waals surface area contributed by atoms with Gasteiger partial charge in [0.2, 0.25) is 0 Å². The van der Waals surface area contributed by atoms with E-state index in [2.05, 4.69) is 16.8 Å². The lowest BCUT2D eigenvalue weighted by atomic mass is 10.0. The molecule has 0 amide bonds. The lowest BCUT2D eigenvalue weighted by Gasteiger charge is -2.18. The van der Waals surface area contributed by atoms with Gasteiger partial charge in [-0.2, -0.15) is 0 Å². The quantitative estimate of drug-likeness (QED) is 0.183. The Labute approximate surface area is 191 Å². The van der Waals surface area contributed by atoms with Crippen LogP contribution in [0, 0.1) is 0 Å². The van der Waals surface area contributed by atoms with Gasteiger partial charge in [-0.05, 0) is 31.5 Å². The highest BCUT2D eigenvalue weighted by atomic mass is 16.5. The fourth-order valence-corrected chi connectivity index (χ4v) is 3.15. The average molecular weight is 444 g/mol. The number of phenols is 2. The van der Waals surface area contributed by atoms with E-state index in [0.717, 1.165) is 0 Å². The molecule has 0 fully saturated rings. The number of azo groups is 1. The summed E-state index contributed by atoms with van der Waals surface area (Å²) in [5.74, 6) is -1.75. The zero-order valence-corrected chi connectivity index (χ0v) is 18.4. The predicted octanol–water partition coefficient (Wildman–Crippen LogP) is 6.31. The molecular weight excluding hydrogens is 420 g/mol. The molecule has 3 aromatic rings. The van der Waals surface area contributed by atoms with Gasteiger partial charge in [-0.1, -0.05) is 62.0 Å². The summed E-state index contributed by atoms with van der Waals surface area (Å²) in [4.78, 5) is 24.8. The number of carbonyl (C=O) groups excluding carboxylic acids is 2. The Morgan fingerprint density at radius 1 is 0.970 bits per heavy atom. The van der Waals surface area contributed by atoms with Crippen LogP contribution < -0.4 is 0 Å². The zero-order chi connectivity index (χ0) is 24.0. The number of aromatic hydroxyl groups is 2. The van der Waals surface area contributed by atoms with Crippen molar-refractivity contribution in [1.29, 1.82) is 0 Å². The van der Waals surface area contributed by atoms with Gasteiger partial charge < -0.3 is 14.9 Å². The van der Waals surface area contributed by atoms with E-state index in [9.17, 15) is 19.8 Å². The van der Waals surface area contributed by atoms with Gasteiger partial charge >= 0.3 is 5.97 Å². The van der Waals surface area contributed by atoms with Gasteiger partial charge in [0.1, 0.15) is 11.9 Å². The fourth-order valence-electron chi connectivity index (χ4n) is 3.15. The summed E-state index contributed by atoms with van der Waals surface area (Å²) in [6, 6.07) is 18.0. The van der Waals surface area contributed by atoms with E-state index >= 15 is 0 Å². The Bertz CT molecular complexity index is 1220. The molecule has 3 aromatic carbocycles. The van der Waals surface area contributed by atoms with Gasteiger partial charge in [0.15, 0.2) is 17.2 Å². The van der Waals surface area contributed by atoms with E-state index in [0.29, 0.717) is 23.2 Å². The van der Waals surface area contributed by atoms with Crippen LogP contribution in [0.1, 0.15) is 47.9 Å². The van der Waals surface area contributed by atoms with E-state index < -0.39 is 23.6 Å². The van der Waals surface area contributed by atoms with Crippen molar-refractivity contribution in [3.63, 3.8) is 0 Å². The van der Waals surface area contributed by atoms with Crippen molar-refractivity contribution >= 4 is 23.1 Å². The highest BCUT2D eigenvalue weighted by Gasteiger charge is 2.21. The van der Waals surface area contributed by atoms with E-state index in [1.54, 1.807) is 61.5 Å². The van der Waals surface area contributed by atoms with Crippen LogP contribution in [0.3, 0.4) is 0 Å². The van der Waals surface area contributed by atoms with Gasteiger partial charge in [0.05, 0.1) is 11.3 Å². The van der Waals surface area contributed by atoms with E-state index in [4.69, 9.17) is 4.74 Å². The molecule has 0 spiro atoms. The molecule has 3 rings (SSSR count). The van der Waals surface area contributed by atoms with Crippen LogP contribution in [0.4, 0.5) is 11.4 Å². The summed E-state index contributed by atoms with van der Waals surface area (Å²) in [7, 11) is 0. The number of nitrogens with zero attached hydrogens (tertiary/aromatic N) is 2. The van der Waals surface area contributed by atoms with Crippen LogP contribution in [0.25, 0.3) is 0 Å². The molecule has 0 radical (unpaired) electrons. The first-order valence-corrected chi connectivity index (χ1v) is 10.3. The molecule has 0 bridgehead atoms. The van der Waals surface area contributed by atoms with Crippen molar-refractivity contribution in [3.05, 3.63) is 95.6 Å². The van der Waals surface area contributed by atoms with Crippen molar-refractivity contribution in [2.75, 3.05) is 0 Å². The third-order valence-electron chi connectivity index (χ3n) is 4.92. The van der Waals surface area contributed by atoms with E-state index in [1.165, 1.54) is 12.1 Å². The highest BCUT2D eigenvalue weighted by molar-refractivity contribution is 6.11. The van der Waals surface area contributed by atoms with Crippen molar-refractivity contribution in [2.45, 2.75) is 26.4 Å². The molecule has 0 aromatic heterocycles. The maximum Gasteiger partial charge on any atom is 0.333 e. The third-order valence-corrected chi connectivity index (χ3v) is 4.92. The van der Waals surface area contributed by atoms with Crippen molar-refractivity contribution < 1.29 is 24.5 Å². The molecule has 0 saturated heterocycles. The summed E-state index contributed by atoms with van der Waals surface area (Å²) >= 11 is 0. The second-order valence-electron chi connectivity index (χ2n) is 7.37. The first-order chi connectivity index (χ1) is 15.8. The van der Waals surface area contributed by atoms with Gasteiger partial charge in [0, 0.05) is 16.7 Å². The second kappa shape index (κ2) is 10.4. The molecular formula is C26H24N2O5.